The first kappa shape index (κ1) is 27.4. The number of hydrogen-bond acceptors (Lipinski definition) is 8. The first-order valence-electron chi connectivity index (χ1n) is 12.0. The van der Waals surface area contributed by atoms with Crippen LogP contribution in [0.15, 0.2) is 59.0 Å². The Morgan fingerprint density at radius 1 is 1.08 bits per heavy atom. The minimum absolute atomic E-state index is 0.0279. The van der Waals surface area contributed by atoms with Crippen molar-refractivity contribution in [2.75, 3.05) is 53.5 Å². The van der Waals surface area contributed by atoms with Gasteiger partial charge in [0.1, 0.15) is 13.1 Å². The Balaban J connectivity index is 1.74. The van der Waals surface area contributed by atoms with Crippen LogP contribution in [-0.4, -0.2) is 87.7 Å². The molecule has 13 heteroatoms. The van der Waals surface area contributed by atoms with Gasteiger partial charge >= 0.3 is 0 Å². The first-order chi connectivity index (χ1) is 18.0. The summed E-state index contributed by atoms with van der Waals surface area (Å²) in [6.07, 6.45) is 0. The number of morpholine rings is 1. The molecule has 2 aliphatic heterocycles. The number of carbonyl (C=O) groups excluding carboxylic acids is 2. The average molecular weight is 545 g/mol. The summed E-state index contributed by atoms with van der Waals surface area (Å²) in [5, 5.41) is 24.7. The van der Waals surface area contributed by atoms with Gasteiger partial charge in [-0.3, -0.25) is 19.7 Å². The molecule has 1 N–H and O–H groups in total. The molecule has 0 radical (unpaired) electrons. The van der Waals surface area contributed by atoms with E-state index < -0.39 is 38.4 Å². The van der Waals surface area contributed by atoms with Crippen molar-refractivity contribution in [3.63, 3.8) is 0 Å². The molecule has 0 saturated carbocycles. The lowest BCUT2D eigenvalue weighted by Gasteiger charge is -2.30. The summed E-state index contributed by atoms with van der Waals surface area (Å²) < 4.78 is 31.2. The Labute approximate surface area is 219 Å². The number of rotatable bonds is 8. The highest BCUT2D eigenvalue weighted by Crippen LogP contribution is 2.39. The molecule has 2 aromatic carbocycles. The second-order valence-corrected chi connectivity index (χ2v) is 11.4. The van der Waals surface area contributed by atoms with Gasteiger partial charge in [-0.1, -0.05) is 17.9 Å². The van der Waals surface area contributed by atoms with E-state index in [4.69, 9.17) is 4.74 Å². The maximum atomic E-state index is 13.6. The van der Waals surface area contributed by atoms with Gasteiger partial charge < -0.3 is 19.6 Å². The number of Topliss-reactive ketones (excluding diaryl/α,β-unsaturated/α-hetero) is 1. The average Bonchev–Trinajstić information content (AvgIpc) is 3.17. The van der Waals surface area contributed by atoms with E-state index in [-0.39, 0.29) is 28.3 Å². The summed E-state index contributed by atoms with van der Waals surface area (Å²) >= 11 is 0. The fraction of sp³-hybridized carbons (Fsp3) is 0.360. The highest BCUT2D eigenvalue weighted by molar-refractivity contribution is 7.89. The number of ether oxygens (including phenoxy) is 1. The van der Waals surface area contributed by atoms with E-state index in [1.165, 1.54) is 72.4 Å². The number of benzene rings is 2. The van der Waals surface area contributed by atoms with Gasteiger partial charge in [-0.25, -0.2) is 12.7 Å². The van der Waals surface area contributed by atoms with E-state index in [1.807, 2.05) is 0 Å². The number of nitro benzene ring substituents is 1. The van der Waals surface area contributed by atoms with Crippen molar-refractivity contribution < 1.29 is 37.7 Å². The van der Waals surface area contributed by atoms with Crippen molar-refractivity contribution in [3.8, 4) is 0 Å². The van der Waals surface area contributed by atoms with E-state index in [9.17, 15) is 33.2 Å². The van der Waals surface area contributed by atoms with E-state index in [1.54, 1.807) is 0 Å². The zero-order valence-corrected chi connectivity index (χ0v) is 21.8. The van der Waals surface area contributed by atoms with Gasteiger partial charge in [0.25, 0.3) is 11.6 Å². The molecule has 2 aromatic rings. The topological polar surface area (TPSA) is 155 Å². The number of likely N-dealkylation sites (tertiary alicyclic amines) is 1. The van der Waals surface area contributed by atoms with Crippen LogP contribution >= 0.6 is 0 Å². The predicted molar refractivity (Wildman–Crippen MR) is 133 cm³/mol. The normalized spacial score (nSPS) is 20.3. The highest BCUT2D eigenvalue weighted by Gasteiger charge is 2.44. The molecule has 2 aliphatic rings. The van der Waals surface area contributed by atoms with Gasteiger partial charge in [0.15, 0.2) is 0 Å². The van der Waals surface area contributed by atoms with Crippen LogP contribution in [0.2, 0.25) is 0 Å². The zero-order chi connectivity index (χ0) is 27.6. The summed E-state index contributed by atoms with van der Waals surface area (Å²) in [4.78, 5) is 39.4. The smallest absolute Gasteiger partial charge is 0.295 e. The highest BCUT2D eigenvalue weighted by atomic mass is 32.2. The zero-order valence-electron chi connectivity index (χ0n) is 21.0. The van der Waals surface area contributed by atoms with Gasteiger partial charge in [0, 0.05) is 31.8 Å². The quantitative estimate of drug-likeness (QED) is 0.146. The second kappa shape index (κ2) is 11.0. The predicted octanol–water partition coefficient (Wildman–Crippen LogP) is -1.02. The minimum Gasteiger partial charge on any atom is -0.872 e. The molecule has 2 heterocycles. The van der Waals surface area contributed by atoms with Crippen LogP contribution in [0.5, 0.6) is 0 Å². The van der Waals surface area contributed by atoms with Crippen LogP contribution in [0.4, 0.5) is 5.69 Å². The van der Waals surface area contributed by atoms with Crippen molar-refractivity contribution >= 4 is 33.2 Å². The van der Waals surface area contributed by atoms with Crippen molar-refractivity contribution in [1.29, 1.82) is 0 Å². The lowest BCUT2D eigenvalue weighted by Crippen LogP contribution is -3.14. The molecule has 12 nitrogen and oxygen atoms in total. The number of non-ortho nitro benzene ring substituents is 1. The molecule has 1 amide bonds. The maximum Gasteiger partial charge on any atom is 0.295 e. The Morgan fingerprint density at radius 2 is 1.68 bits per heavy atom. The summed E-state index contributed by atoms with van der Waals surface area (Å²) in [5.74, 6) is -2.47. The van der Waals surface area contributed by atoms with Crippen molar-refractivity contribution in [3.05, 3.63) is 75.3 Å². The van der Waals surface area contributed by atoms with Gasteiger partial charge in [0.05, 0.1) is 42.2 Å². The molecule has 38 heavy (non-hydrogen) atoms. The minimum atomic E-state index is -3.73. The summed E-state index contributed by atoms with van der Waals surface area (Å²) in [6.45, 7) is 3.39. The number of nitrogens with one attached hydrogen (secondary N) is 1. The van der Waals surface area contributed by atoms with Crippen molar-refractivity contribution in [1.82, 2.24) is 9.21 Å². The first-order valence-corrected chi connectivity index (χ1v) is 13.4. The standard InChI is InChI=1S/C25H28N4O8S/c1-26(2)38(35,36)20-9-5-18(6-10-20)23(30)21-22(17-3-7-19(8-4-17)29(33)34)28(25(32)24(21)31)12-11-27-13-15-37-16-14-27/h3-10,22,30H,11-16H2,1-2H3. The third-order valence-electron chi connectivity index (χ3n) is 6.75. The van der Waals surface area contributed by atoms with Crippen molar-refractivity contribution in [2.24, 2.45) is 0 Å². The number of sulfonamides is 1. The molecular weight excluding hydrogens is 516 g/mol. The van der Waals surface area contributed by atoms with Crippen LogP contribution in [0.1, 0.15) is 17.2 Å². The molecule has 0 spiro atoms. The Kier molecular flexibility index (Phi) is 7.92. The third kappa shape index (κ3) is 5.31. The van der Waals surface area contributed by atoms with E-state index in [2.05, 4.69) is 0 Å². The van der Waals surface area contributed by atoms with Crippen LogP contribution in [0.25, 0.3) is 5.76 Å². The van der Waals surface area contributed by atoms with E-state index in [0.29, 0.717) is 25.3 Å². The van der Waals surface area contributed by atoms with E-state index in [0.717, 1.165) is 17.4 Å². The molecule has 4 rings (SSSR count). The maximum absolute atomic E-state index is 13.6. The fourth-order valence-corrected chi connectivity index (χ4v) is 5.46. The SMILES string of the molecule is CN(C)S(=O)(=O)c1ccc(C([O-])=C2C(=O)C(=O)N(CC[NH+]3CCOCC3)C2c2ccc([N+](=O)[O-])cc2)cc1. The molecule has 1 atom stereocenters. The van der Waals surface area contributed by atoms with Crippen LogP contribution in [0, 0.1) is 10.1 Å². The molecular formula is C25H28N4O8S. The van der Waals surface area contributed by atoms with Crippen LogP contribution < -0.4 is 10.0 Å². The monoisotopic (exact) mass is 544 g/mol. The van der Waals surface area contributed by atoms with Crippen LogP contribution in [-0.2, 0) is 24.3 Å². The van der Waals surface area contributed by atoms with Gasteiger partial charge in [-0.2, -0.15) is 0 Å². The lowest BCUT2D eigenvalue weighted by molar-refractivity contribution is -0.907. The summed E-state index contributed by atoms with van der Waals surface area (Å²) in [6, 6.07) is 9.50. The van der Waals surface area contributed by atoms with E-state index >= 15 is 0 Å². The van der Waals surface area contributed by atoms with Gasteiger partial charge in [-0.05, 0) is 35.4 Å². The molecule has 202 valence electrons. The van der Waals surface area contributed by atoms with Crippen LogP contribution in [0.3, 0.4) is 0 Å². The fourth-order valence-electron chi connectivity index (χ4n) is 4.56. The Bertz CT molecular complexity index is 1370. The molecule has 1 unspecified atom stereocenters. The molecule has 0 bridgehead atoms. The van der Waals surface area contributed by atoms with Crippen molar-refractivity contribution in [2.45, 2.75) is 10.9 Å². The van der Waals surface area contributed by atoms with Gasteiger partial charge in [-0.15, -0.1) is 0 Å². The number of hydrogen-bond donors (Lipinski definition) is 1. The lowest BCUT2D eigenvalue weighted by atomic mass is 9.95. The number of quaternary nitrogens is 1. The summed E-state index contributed by atoms with van der Waals surface area (Å²) in [7, 11) is -0.962. The molecule has 2 saturated heterocycles. The molecule has 0 aromatic heterocycles. The third-order valence-corrected chi connectivity index (χ3v) is 8.58. The molecule has 0 aliphatic carbocycles. The van der Waals surface area contributed by atoms with Gasteiger partial charge in [0.2, 0.25) is 15.8 Å². The second-order valence-electron chi connectivity index (χ2n) is 9.25. The molecule has 2 fully saturated rings. The summed E-state index contributed by atoms with van der Waals surface area (Å²) in [5.41, 5.74) is -0.00307. The number of amides is 1. The Morgan fingerprint density at radius 3 is 2.24 bits per heavy atom. The largest absolute Gasteiger partial charge is 0.872 e. The number of ketones is 1. The Hall–Kier alpha value is -3.65. The number of nitrogens with zero attached hydrogens (tertiary/aromatic N) is 3. The number of nitro groups is 1. The number of carbonyl (C=O) groups is 2.